The average molecular weight is 325 g/mol. The molecule has 1 N–H and O–H groups in total. The van der Waals surface area contributed by atoms with Crippen LogP contribution in [0.25, 0.3) is 0 Å². The first-order chi connectivity index (χ1) is 10.4. The third-order valence-corrected chi connectivity index (χ3v) is 5.34. The van der Waals surface area contributed by atoms with E-state index in [4.69, 9.17) is 4.74 Å². The van der Waals surface area contributed by atoms with E-state index >= 15 is 0 Å². The van der Waals surface area contributed by atoms with Gasteiger partial charge in [0.05, 0.1) is 24.7 Å². The number of ether oxygens (including phenoxy) is 1. The molecule has 0 aromatic carbocycles. The lowest BCUT2D eigenvalue weighted by molar-refractivity contribution is 0.0941. The average Bonchev–Trinajstić information content (AvgIpc) is 3.21. The first kappa shape index (κ1) is 15.0. The van der Waals surface area contributed by atoms with Crippen LogP contribution in [-0.2, 0) is 23.6 Å². The van der Waals surface area contributed by atoms with Crippen LogP contribution in [-0.4, -0.2) is 39.5 Å². The number of rotatable bonds is 7. The van der Waals surface area contributed by atoms with Crippen molar-refractivity contribution in [2.75, 3.05) is 13.7 Å². The van der Waals surface area contributed by atoms with Gasteiger partial charge in [0.25, 0.3) is 0 Å². The molecule has 6 nitrogen and oxygen atoms in total. The summed E-state index contributed by atoms with van der Waals surface area (Å²) >= 11 is 3.38. The highest BCUT2D eigenvalue weighted by Gasteiger charge is 2.20. The molecule has 1 aliphatic heterocycles. The zero-order chi connectivity index (χ0) is 14.5. The smallest absolute Gasteiger partial charge is 0.191 e. The first-order valence-corrected chi connectivity index (χ1v) is 8.92. The fourth-order valence-corrected chi connectivity index (χ4v) is 3.95. The zero-order valence-electron chi connectivity index (χ0n) is 12.0. The van der Waals surface area contributed by atoms with Crippen LogP contribution in [0, 0.1) is 0 Å². The van der Waals surface area contributed by atoms with Crippen LogP contribution in [0.4, 0.5) is 0 Å². The van der Waals surface area contributed by atoms with E-state index in [9.17, 15) is 0 Å². The fourth-order valence-electron chi connectivity index (χ4n) is 2.34. The summed E-state index contributed by atoms with van der Waals surface area (Å²) in [6.45, 7) is 2.44. The Morgan fingerprint density at radius 2 is 2.48 bits per heavy atom. The van der Waals surface area contributed by atoms with Crippen molar-refractivity contribution in [3.63, 3.8) is 0 Å². The number of thiazole rings is 1. The molecule has 0 amide bonds. The minimum Gasteiger partial charge on any atom is -0.376 e. The number of nitrogens with zero attached hydrogens (tertiary/aromatic N) is 4. The van der Waals surface area contributed by atoms with Crippen LogP contribution < -0.4 is 5.32 Å². The molecule has 1 fully saturated rings. The maximum absolute atomic E-state index is 5.75. The molecule has 2 aromatic rings. The summed E-state index contributed by atoms with van der Waals surface area (Å²) in [6.07, 6.45) is 4.47. The molecule has 0 aliphatic carbocycles. The second-order valence-corrected chi connectivity index (χ2v) is 6.84. The molecule has 3 rings (SSSR count). The molecule has 8 heteroatoms. The van der Waals surface area contributed by atoms with Gasteiger partial charge in [0.2, 0.25) is 0 Å². The van der Waals surface area contributed by atoms with Gasteiger partial charge in [0.15, 0.2) is 5.16 Å². The van der Waals surface area contributed by atoms with Gasteiger partial charge >= 0.3 is 0 Å². The van der Waals surface area contributed by atoms with Crippen molar-refractivity contribution in [1.82, 2.24) is 25.1 Å². The predicted molar refractivity (Wildman–Crippen MR) is 83.4 cm³/mol. The van der Waals surface area contributed by atoms with E-state index in [1.54, 1.807) is 23.1 Å². The Balaban J connectivity index is 1.71. The van der Waals surface area contributed by atoms with Crippen molar-refractivity contribution in [3.8, 4) is 0 Å². The number of thioether (sulfide) groups is 1. The topological polar surface area (TPSA) is 64.9 Å². The standard InChI is InChI=1S/C13H19N5OS2/c1-14-6-12-16-17-13(20-8-11-5-15-9-21-11)18(12)7-10-3-2-4-19-10/h5,9-10,14H,2-4,6-8H2,1H3/t10-/m1/s1. The summed E-state index contributed by atoms with van der Waals surface area (Å²) in [4.78, 5) is 5.36. The van der Waals surface area contributed by atoms with E-state index < -0.39 is 0 Å². The van der Waals surface area contributed by atoms with Gasteiger partial charge in [-0.1, -0.05) is 11.8 Å². The molecule has 114 valence electrons. The maximum atomic E-state index is 5.75. The summed E-state index contributed by atoms with van der Waals surface area (Å²) in [7, 11) is 1.93. The van der Waals surface area contributed by atoms with E-state index in [1.807, 2.05) is 18.8 Å². The summed E-state index contributed by atoms with van der Waals surface area (Å²) in [5, 5.41) is 12.8. The lowest BCUT2D eigenvalue weighted by Crippen LogP contribution is -2.20. The molecule has 0 radical (unpaired) electrons. The molecular weight excluding hydrogens is 306 g/mol. The van der Waals surface area contributed by atoms with Crippen molar-refractivity contribution in [3.05, 3.63) is 22.4 Å². The molecule has 2 aromatic heterocycles. The highest BCUT2D eigenvalue weighted by Crippen LogP contribution is 2.25. The largest absolute Gasteiger partial charge is 0.376 e. The van der Waals surface area contributed by atoms with Gasteiger partial charge in [-0.15, -0.1) is 21.5 Å². The SMILES string of the molecule is CNCc1nnc(SCc2cncs2)n1C[C@H]1CCCO1. The Hall–Kier alpha value is -0.960. The van der Waals surface area contributed by atoms with Crippen LogP contribution in [0.5, 0.6) is 0 Å². The molecule has 3 heterocycles. The summed E-state index contributed by atoms with van der Waals surface area (Å²) in [5.74, 6) is 1.85. The minimum atomic E-state index is 0.291. The number of hydrogen-bond donors (Lipinski definition) is 1. The quantitative estimate of drug-likeness (QED) is 0.785. The van der Waals surface area contributed by atoms with Crippen LogP contribution >= 0.6 is 23.1 Å². The monoisotopic (exact) mass is 325 g/mol. The number of aromatic nitrogens is 4. The summed E-state index contributed by atoms with van der Waals surface area (Å²) in [6, 6.07) is 0. The molecule has 21 heavy (non-hydrogen) atoms. The normalized spacial score (nSPS) is 18.4. The van der Waals surface area contributed by atoms with Crippen LogP contribution in [0.2, 0.25) is 0 Å². The molecule has 0 saturated carbocycles. The third kappa shape index (κ3) is 3.82. The van der Waals surface area contributed by atoms with Crippen molar-refractivity contribution < 1.29 is 4.74 Å². The lowest BCUT2D eigenvalue weighted by Gasteiger charge is -2.14. The van der Waals surface area contributed by atoms with E-state index in [-0.39, 0.29) is 0 Å². The number of hydrogen-bond acceptors (Lipinski definition) is 7. The highest BCUT2D eigenvalue weighted by molar-refractivity contribution is 7.98. The van der Waals surface area contributed by atoms with Gasteiger partial charge in [-0.3, -0.25) is 4.98 Å². The molecule has 0 unspecified atom stereocenters. The van der Waals surface area contributed by atoms with E-state index in [1.165, 1.54) is 4.88 Å². The van der Waals surface area contributed by atoms with Crippen LogP contribution in [0.1, 0.15) is 23.5 Å². The fraction of sp³-hybridized carbons (Fsp3) is 0.615. The second-order valence-electron chi connectivity index (χ2n) is 4.93. The molecule has 0 bridgehead atoms. The Kier molecular flexibility index (Phi) is 5.23. The van der Waals surface area contributed by atoms with E-state index in [0.717, 1.165) is 49.3 Å². The first-order valence-electron chi connectivity index (χ1n) is 7.05. The Morgan fingerprint density at radius 3 is 3.19 bits per heavy atom. The van der Waals surface area contributed by atoms with E-state index in [2.05, 4.69) is 25.1 Å². The Bertz CT molecular complexity index is 551. The molecule has 1 saturated heterocycles. The Labute approximate surface area is 132 Å². The molecule has 0 spiro atoms. The second kappa shape index (κ2) is 7.35. The Morgan fingerprint density at radius 1 is 1.52 bits per heavy atom. The van der Waals surface area contributed by atoms with E-state index in [0.29, 0.717) is 6.10 Å². The highest BCUT2D eigenvalue weighted by atomic mass is 32.2. The minimum absolute atomic E-state index is 0.291. The summed E-state index contributed by atoms with van der Waals surface area (Å²) in [5.41, 5.74) is 1.86. The van der Waals surface area contributed by atoms with Crippen LogP contribution in [0.15, 0.2) is 16.9 Å². The predicted octanol–water partition coefficient (Wildman–Crippen LogP) is 1.93. The van der Waals surface area contributed by atoms with Gasteiger partial charge < -0.3 is 14.6 Å². The van der Waals surface area contributed by atoms with Crippen molar-refractivity contribution >= 4 is 23.1 Å². The van der Waals surface area contributed by atoms with Crippen molar-refractivity contribution in [1.29, 1.82) is 0 Å². The maximum Gasteiger partial charge on any atom is 0.191 e. The zero-order valence-corrected chi connectivity index (χ0v) is 13.6. The van der Waals surface area contributed by atoms with Gasteiger partial charge in [0, 0.05) is 23.4 Å². The van der Waals surface area contributed by atoms with Gasteiger partial charge in [-0.25, -0.2) is 0 Å². The van der Waals surface area contributed by atoms with Gasteiger partial charge in [0.1, 0.15) is 5.82 Å². The summed E-state index contributed by atoms with van der Waals surface area (Å²) < 4.78 is 7.94. The molecule has 1 aliphatic rings. The molecule has 1 atom stereocenters. The van der Waals surface area contributed by atoms with Crippen molar-refractivity contribution in [2.45, 2.75) is 42.9 Å². The van der Waals surface area contributed by atoms with Gasteiger partial charge in [-0.2, -0.15) is 0 Å². The van der Waals surface area contributed by atoms with Crippen molar-refractivity contribution in [2.24, 2.45) is 0 Å². The van der Waals surface area contributed by atoms with Gasteiger partial charge in [-0.05, 0) is 19.9 Å². The number of nitrogens with one attached hydrogen (secondary N) is 1. The lowest BCUT2D eigenvalue weighted by atomic mass is 10.2. The molecular formula is C13H19N5OS2. The van der Waals surface area contributed by atoms with Crippen LogP contribution in [0.3, 0.4) is 0 Å². The third-order valence-electron chi connectivity index (χ3n) is 3.37.